The van der Waals surface area contributed by atoms with Crippen LogP contribution in [0.2, 0.25) is 0 Å². The summed E-state index contributed by atoms with van der Waals surface area (Å²) >= 11 is 0. The van der Waals surface area contributed by atoms with Gasteiger partial charge in [0.15, 0.2) is 0 Å². The average molecular weight is 186 g/mol. The van der Waals surface area contributed by atoms with Crippen LogP contribution in [-0.2, 0) is 9.59 Å². The Bertz CT molecular complexity index is 208. The third-order valence-corrected chi connectivity index (χ3v) is 1.71. The van der Waals surface area contributed by atoms with Crippen LogP contribution >= 0.6 is 0 Å². The van der Waals surface area contributed by atoms with Crippen LogP contribution in [0.4, 0.5) is 0 Å². The van der Waals surface area contributed by atoms with Gasteiger partial charge >= 0.3 is 11.9 Å². The van der Waals surface area contributed by atoms with Crippen molar-refractivity contribution < 1.29 is 19.8 Å². The molecule has 0 saturated carbocycles. The van der Waals surface area contributed by atoms with Gasteiger partial charge in [-0.3, -0.25) is 9.59 Å². The van der Waals surface area contributed by atoms with E-state index in [0.29, 0.717) is 6.42 Å². The van der Waals surface area contributed by atoms with Crippen molar-refractivity contribution >= 4 is 11.9 Å². The zero-order valence-corrected chi connectivity index (χ0v) is 7.56. The zero-order chi connectivity index (χ0) is 10.3. The van der Waals surface area contributed by atoms with E-state index in [4.69, 9.17) is 10.2 Å². The first-order valence-corrected chi connectivity index (χ1v) is 4.13. The Labute approximate surface area is 76.9 Å². The van der Waals surface area contributed by atoms with E-state index in [1.54, 1.807) is 19.1 Å². The largest absolute Gasteiger partial charge is 0.481 e. The maximum atomic E-state index is 10.6. The van der Waals surface area contributed by atoms with Crippen LogP contribution in [0.3, 0.4) is 0 Å². The van der Waals surface area contributed by atoms with Crippen molar-refractivity contribution in [2.75, 3.05) is 0 Å². The summed E-state index contributed by atoms with van der Waals surface area (Å²) in [6.07, 6.45) is 4.00. The van der Waals surface area contributed by atoms with Crippen molar-refractivity contribution in [1.29, 1.82) is 0 Å². The summed E-state index contributed by atoms with van der Waals surface area (Å²) < 4.78 is 0. The number of hydrogen-bond donors (Lipinski definition) is 2. The van der Waals surface area contributed by atoms with Crippen molar-refractivity contribution in [3.05, 3.63) is 12.2 Å². The highest BCUT2D eigenvalue weighted by atomic mass is 16.4. The maximum Gasteiger partial charge on any atom is 0.306 e. The highest BCUT2D eigenvalue weighted by Crippen LogP contribution is 2.12. The lowest BCUT2D eigenvalue weighted by molar-refractivity contribution is -0.142. The third-order valence-electron chi connectivity index (χ3n) is 1.71. The van der Waals surface area contributed by atoms with E-state index in [0.717, 1.165) is 0 Å². The number of carboxylic acids is 2. The second-order valence-corrected chi connectivity index (χ2v) is 2.77. The number of carbonyl (C=O) groups is 2. The molecule has 0 amide bonds. The minimum Gasteiger partial charge on any atom is -0.481 e. The fourth-order valence-corrected chi connectivity index (χ4v) is 0.940. The van der Waals surface area contributed by atoms with E-state index < -0.39 is 17.9 Å². The molecule has 0 spiro atoms. The molecule has 0 fully saturated rings. The third kappa shape index (κ3) is 5.90. The molecule has 0 saturated heterocycles. The Kier molecular flexibility index (Phi) is 5.59. The molecule has 0 bridgehead atoms. The van der Waals surface area contributed by atoms with Crippen LogP contribution in [-0.4, -0.2) is 22.2 Å². The van der Waals surface area contributed by atoms with Gasteiger partial charge in [-0.25, -0.2) is 0 Å². The summed E-state index contributed by atoms with van der Waals surface area (Å²) in [7, 11) is 0. The quantitative estimate of drug-likeness (QED) is 0.616. The van der Waals surface area contributed by atoms with Gasteiger partial charge in [0.05, 0.1) is 5.92 Å². The lowest BCUT2D eigenvalue weighted by Gasteiger charge is -2.07. The molecule has 2 N–H and O–H groups in total. The minimum absolute atomic E-state index is 0.0888. The molecule has 0 aromatic carbocycles. The molecule has 0 aromatic rings. The molecule has 74 valence electrons. The van der Waals surface area contributed by atoms with Crippen molar-refractivity contribution in [3.8, 4) is 0 Å². The highest BCUT2D eigenvalue weighted by molar-refractivity contribution is 5.72. The second kappa shape index (κ2) is 6.22. The number of carboxylic acid groups (broad SMARTS) is 2. The fraction of sp³-hybridized carbons (Fsp3) is 0.556. The van der Waals surface area contributed by atoms with Crippen molar-refractivity contribution in [1.82, 2.24) is 0 Å². The predicted molar refractivity (Wildman–Crippen MR) is 47.4 cm³/mol. The number of aliphatic carboxylic acids is 2. The highest BCUT2D eigenvalue weighted by Gasteiger charge is 2.16. The van der Waals surface area contributed by atoms with E-state index in [1.807, 2.05) is 0 Å². The molecule has 1 atom stereocenters. The smallest absolute Gasteiger partial charge is 0.306 e. The van der Waals surface area contributed by atoms with Gasteiger partial charge in [0.2, 0.25) is 0 Å². The van der Waals surface area contributed by atoms with Crippen LogP contribution in [0.15, 0.2) is 12.2 Å². The molecular weight excluding hydrogens is 172 g/mol. The van der Waals surface area contributed by atoms with Gasteiger partial charge in [0.25, 0.3) is 0 Å². The Morgan fingerprint density at radius 3 is 2.38 bits per heavy atom. The van der Waals surface area contributed by atoms with Gasteiger partial charge < -0.3 is 10.2 Å². The summed E-state index contributed by atoms with van der Waals surface area (Å²) in [4.78, 5) is 20.8. The maximum absolute atomic E-state index is 10.6. The van der Waals surface area contributed by atoms with Crippen LogP contribution in [0.5, 0.6) is 0 Å². The van der Waals surface area contributed by atoms with Crippen molar-refractivity contribution in [2.45, 2.75) is 26.2 Å². The lowest BCUT2D eigenvalue weighted by atomic mass is 9.99. The van der Waals surface area contributed by atoms with Gasteiger partial charge in [-0.1, -0.05) is 12.2 Å². The van der Waals surface area contributed by atoms with E-state index in [-0.39, 0.29) is 12.8 Å². The van der Waals surface area contributed by atoms with E-state index in [2.05, 4.69) is 0 Å². The molecule has 0 radical (unpaired) electrons. The summed E-state index contributed by atoms with van der Waals surface area (Å²) in [6, 6.07) is 0. The fourth-order valence-electron chi connectivity index (χ4n) is 0.940. The Morgan fingerprint density at radius 2 is 2.00 bits per heavy atom. The van der Waals surface area contributed by atoms with Crippen LogP contribution < -0.4 is 0 Å². The molecule has 0 aromatic heterocycles. The molecule has 4 nitrogen and oxygen atoms in total. The van der Waals surface area contributed by atoms with Crippen molar-refractivity contribution in [2.24, 2.45) is 5.92 Å². The van der Waals surface area contributed by atoms with Crippen LogP contribution in [0.1, 0.15) is 26.2 Å². The summed E-state index contributed by atoms with van der Waals surface area (Å²) in [5.74, 6) is -2.46. The molecule has 13 heavy (non-hydrogen) atoms. The summed E-state index contributed by atoms with van der Waals surface area (Å²) in [6.45, 7) is 1.80. The van der Waals surface area contributed by atoms with Gasteiger partial charge in [-0.15, -0.1) is 0 Å². The zero-order valence-electron chi connectivity index (χ0n) is 7.56. The standard InChI is InChI=1S/C9H14O4/c1-2-3-4-7(9(12)13)5-6-8(10)11/h2-3,7H,4-6H2,1H3,(H,10,11)(H,12,13). The van der Waals surface area contributed by atoms with Gasteiger partial charge in [-0.2, -0.15) is 0 Å². The van der Waals surface area contributed by atoms with Gasteiger partial charge in [-0.05, 0) is 19.8 Å². The first-order chi connectivity index (χ1) is 6.07. The van der Waals surface area contributed by atoms with E-state index in [1.165, 1.54) is 0 Å². The molecule has 0 heterocycles. The molecule has 0 aliphatic carbocycles. The topological polar surface area (TPSA) is 74.6 Å². The van der Waals surface area contributed by atoms with Crippen LogP contribution in [0, 0.1) is 5.92 Å². The molecule has 0 aliphatic heterocycles. The number of hydrogen-bond acceptors (Lipinski definition) is 2. The first-order valence-electron chi connectivity index (χ1n) is 4.13. The molecule has 0 rings (SSSR count). The minimum atomic E-state index is -0.952. The SMILES string of the molecule is CC=CCC(CCC(=O)O)C(=O)O. The molecular formula is C9H14O4. The Morgan fingerprint density at radius 1 is 1.38 bits per heavy atom. The normalized spacial score (nSPS) is 13.0. The Balaban J connectivity index is 3.94. The summed E-state index contributed by atoms with van der Waals surface area (Å²) in [5.41, 5.74) is 0. The second-order valence-electron chi connectivity index (χ2n) is 2.77. The average Bonchev–Trinajstić information content (AvgIpc) is 2.03. The number of rotatable bonds is 6. The molecule has 0 aliphatic rings. The van der Waals surface area contributed by atoms with E-state index >= 15 is 0 Å². The lowest BCUT2D eigenvalue weighted by Crippen LogP contribution is -2.14. The van der Waals surface area contributed by atoms with Crippen LogP contribution in [0.25, 0.3) is 0 Å². The number of allylic oxidation sites excluding steroid dienone is 2. The first kappa shape index (κ1) is 11.7. The molecule has 1 unspecified atom stereocenters. The van der Waals surface area contributed by atoms with Gasteiger partial charge in [0, 0.05) is 6.42 Å². The predicted octanol–water partition coefficient (Wildman–Crippen LogP) is 1.52. The van der Waals surface area contributed by atoms with Crippen molar-refractivity contribution in [3.63, 3.8) is 0 Å². The van der Waals surface area contributed by atoms with E-state index in [9.17, 15) is 9.59 Å². The monoisotopic (exact) mass is 186 g/mol. The Hall–Kier alpha value is -1.32. The van der Waals surface area contributed by atoms with Gasteiger partial charge in [0.1, 0.15) is 0 Å². The summed E-state index contributed by atoms with van der Waals surface area (Å²) in [5, 5.41) is 17.0. The molecule has 4 heteroatoms.